The predicted molar refractivity (Wildman–Crippen MR) is 133 cm³/mol. The largest absolute Gasteiger partial charge is 0.340 e. The van der Waals surface area contributed by atoms with Crippen LogP contribution >= 0.6 is 0 Å². The lowest BCUT2D eigenvalue weighted by molar-refractivity contribution is -0.138. The fourth-order valence-corrected chi connectivity index (χ4v) is 7.31. The van der Waals surface area contributed by atoms with E-state index in [1.165, 1.54) is 14.9 Å². The molecule has 2 saturated heterocycles. The smallest absolute Gasteiger partial charge is 0.243 e. The number of piperidine rings is 1. The minimum atomic E-state index is -3.84. The Kier molecular flexibility index (Phi) is 7.62. The summed E-state index contributed by atoms with van der Waals surface area (Å²) in [6.45, 7) is 1.68. The summed E-state index contributed by atoms with van der Waals surface area (Å²) in [5, 5.41) is 0. The van der Waals surface area contributed by atoms with E-state index in [4.69, 9.17) is 5.73 Å². The lowest BCUT2D eigenvalue weighted by atomic mass is 9.85. The molecule has 2 N–H and O–H groups in total. The van der Waals surface area contributed by atoms with Gasteiger partial charge in [-0.25, -0.2) is 16.8 Å². The molecular formula is C24H32N4O5S2. The van der Waals surface area contributed by atoms with Gasteiger partial charge in [0.1, 0.15) is 0 Å². The van der Waals surface area contributed by atoms with Gasteiger partial charge in [0.25, 0.3) is 0 Å². The molecule has 0 unspecified atom stereocenters. The Morgan fingerprint density at radius 1 is 0.914 bits per heavy atom. The van der Waals surface area contributed by atoms with Crippen LogP contribution in [0.25, 0.3) is 0 Å². The first kappa shape index (κ1) is 25.8. The molecule has 0 saturated carbocycles. The number of sulfonamides is 2. The number of hydrogen-bond donors (Lipinski definition) is 1. The third-order valence-corrected chi connectivity index (χ3v) is 9.96. The molecule has 9 nitrogen and oxygen atoms in total. The van der Waals surface area contributed by atoms with Crippen LogP contribution in [0.4, 0.5) is 0 Å². The second-order valence-corrected chi connectivity index (χ2v) is 13.1. The lowest BCUT2D eigenvalue weighted by Gasteiger charge is -2.40. The number of carbonyl (C=O) groups is 1. The summed E-state index contributed by atoms with van der Waals surface area (Å²) in [6.07, 6.45) is 1.70. The maximum Gasteiger partial charge on any atom is 0.243 e. The molecule has 2 aromatic carbocycles. The molecule has 4 rings (SSSR count). The Labute approximate surface area is 207 Å². The van der Waals surface area contributed by atoms with E-state index in [0.717, 1.165) is 11.1 Å². The van der Waals surface area contributed by atoms with Gasteiger partial charge in [-0.15, -0.1) is 0 Å². The number of amides is 1. The number of nitrogens with zero attached hydrogens (tertiary/aromatic N) is 3. The van der Waals surface area contributed by atoms with E-state index in [0.29, 0.717) is 19.5 Å². The zero-order chi connectivity index (χ0) is 25.2. The van der Waals surface area contributed by atoms with Crippen LogP contribution in [-0.4, -0.2) is 81.8 Å². The zero-order valence-corrected chi connectivity index (χ0v) is 21.4. The van der Waals surface area contributed by atoms with Crippen LogP contribution in [0.1, 0.15) is 23.5 Å². The second kappa shape index (κ2) is 10.4. The SMILES string of the molecule is CS(=O)(=O)N1CCN(C(=O)[C@H]2C[C@H](c3ccccc3)CN(S(=O)(=O)c3cccc(CN)c3)C2)CC1. The molecule has 1 amide bonds. The molecule has 2 atom stereocenters. The standard InChI is InChI=1S/C24H32N4O5S2/c1-34(30,31)27-12-10-26(11-13-27)24(29)22-15-21(20-7-3-2-4-8-20)17-28(18-22)35(32,33)23-9-5-6-19(14-23)16-25/h2-9,14,21-22H,10-13,15-18,25H2,1H3/t21-,22-/m0/s1. The highest BCUT2D eigenvalue weighted by atomic mass is 32.2. The Morgan fingerprint density at radius 3 is 2.23 bits per heavy atom. The molecule has 2 fully saturated rings. The van der Waals surface area contributed by atoms with Crippen LogP contribution in [0, 0.1) is 5.92 Å². The van der Waals surface area contributed by atoms with Crippen LogP contribution in [0.5, 0.6) is 0 Å². The minimum Gasteiger partial charge on any atom is -0.340 e. The van der Waals surface area contributed by atoms with Gasteiger partial charge < -0.3 is 10.6 Å². The predicted octanol–water partition coefficient (Wildman–Crippen LogP) is 1.04. The van der Waals surface area contributed by atoms with E-state index < -0.39 is 26.0 Å². The van der Waals surface area contributed by atoms with E-state index >= 15 is 0 Å². The molecule has 0 radical (unpaired) electrons. The topological polar surface area (TPSA) is 121 Å². The highest BCUT2D eigenvalue weighted by Gasteiger charge is 2.40. The van der Waals surface area contributed by atoms with Crippen molar-refractivity contribution in [1.29, 1.82) is 0 Å². The first-order valence-electron chi connectivity index (χ1n) is 11.7. The van der Waals surface area contributed by atoms with E-state index in [1.54, 1.807) is 29.2 Å². The van der Waals surface area contributed by atoms with Crippen LogP contribution in [-0.2, 0) is 31.4 Å². The average molecular weight is 521 g/mol. The second-order valence-electron chi connectivity index (χ2n) is 9.20. The molecule has 0 bridgehead atoms. The number of rotatable bonds is 6. The third kappa shape index (κ3) is 5.75. The Morgan fingerprint density at radius 2 is 1.60 bits per heavy atom. The molecule has 0 aliphatic carbocycles. The summed E-state index contributed by atoms with van der Waals surface area (Å²) < 4.78 is 53.7. The quantitative estimate of drug-likeness (QED) is 0.608. The summed E-state index contributed by atoms with van der Waals surface area (Å²) >= 11 is 0. The summed E-state index contributed by atoms with van der Waals surface area (Å²) in [7, 11) is -7.15. The summed E-state index contributed by atoms with van der Waals surface area (Å²) in [4.78, 5) is 15.4. The van der Waals surface area contributed by atoms with Crippen LogP contribution < -0.4 is 5.73 Å². The molecule has 2 aliphatic heterocycles. The first-order valence-corrected chi connectivity index (χ1v) is 15.0. The number of benzene rings is 2. The van der Waals surface area contributed by atoms with Crippen molar-refractivity contribution in [3.63, 3.8) is 0 Å². The number of nitrogens with two attached hydrogens (primary N) is 1. The molecular weight excluding hydrogens is 488 g/mol. The van der Waals surface area contributed by atoms with Gasteiger partial charge in [-0.2, -0.15) is 8.61 Å². The molecule has 2 aliphatic rings. The zero-order valence-electron chi connectivity index (χ0n) is 19.8. The molecule has 2 aromatic rings. The fraction of sp³-hybridized carbons (Fsp3) is 0.458. The van der Waals surface area contributed by atoms with E-state index in [9.17, 15) is 21.6 Å². The van der Waals surface area contributed by atoms with E-state index in [-0.39, 0.29) is 49.4 Å². The van der Waals surface area contributed by atoms with Crippen molar-refractivity contribution in [3.8, 4) is 0 Å². The van der Waals surface area contributed by atoms with Crippen molar-refractivity contribution in [3.05, 3.63) is 65.7 Å². The highest BCUT2D eigenvalue weighted by Crippen LogP contribution is 2.34. The van der Waals surface area contributed by atoms with E-state index in [2.05, 4.69) is 0 Å². The van der Waals surface area contributed by atoms with Gasteiger partial charge in [-0.1, -0.05) is 42.5 Å². The van der Waals surface area contributed by atoms with Gasteiger partial charge in [0, 0.05) is 45.8 Å². The van der Waals surface area contributed by atoms with Crippen LogP contribution in [0.15, 0.2) is 59.5 Å². The number of hydrogen-bond acceptors (Lipinski definition) is 6. The van der Waals surface area contributed by atoms with Crippen molar-refractivity contribution >= 4 is 26.0 Å². The van der Waals surface area contributed by atoms with Gasteiger partial charge in [0.05, 0.1) is 17.1 Å². The summed E-state index contributed by atoms with van der Waals surface area (Å²) in [6, 6.07) is 16.3. The van der Waals surface area contributed by atoms with Crippen molar-refractivity contribution in [2.24, 2.45) is 11.7 Å². The Hall–Kier alpha value is -2.31. The first-order chi connectivity index (χ1) is 16.6. The Balaban J connectivity index is 1.59. The molecule has 0 aromatic heterocycles. The van der Waals surface area contributed by atoms with Gasteiger partial charge >= 0.3 is 0 Å². The molecule has 0 spiro atoms. The molecule has 190 valence electrons. The number of carbonyl (C=O) groups excluding carboxylic acids is 1. The lowest BCUT2D eigenvalue weighted by Crippen LogP contribution is -2.54. The number of piperazine rings is 1. The molecule has 2 heterocycles. The monoisotopic (exact) mass is 520 g/mol. The van der Waals surface area contributed by atoms with Crippen molar-refractivity contribution < 1.29 is 21.6 Å². The van der Waals surface area contributed by atoms with Crippen molar-refractivity contribution in [1.82, 2.24) is 13.5 Å². The summed E-state index contributed by atoms with van der Waals surface area (Å²) in [5.41, 5.74) is 7.43. The Bertz CT molecular complexity index is 1260. The van der Waals surface area contributed by atoms with Gasteiger partial charge in [-0.3, -0.25) is 4.79 Å². The highest BCUT2D eigenvalue weighted by molar-refractivity contribution is 7.89. The third-order valence-electron chi connectivity index (χ3n) is 6.83. The van der Waals surface area contributed by atoms with Crippen LogP contribution in [0.3, 0.4) is 0 Å². The fourth-order valence-electron chi connectivity index (χ4n) is 4.88. The van der Waals surface area contributed by atoms with Crippen LogP contribution in [0.2, 0.25) is 0 Å². The van der Waals surface area contributed by atoms with E-state index in [1.807, 2.05) is 30.3 Å². The van der Waals surface area contributed by atoms with Crippen molar-refractivity contribution in [2.45, 2.75) is 23.8 Å². The van der Waals surface area contributed by atoms with Crippen molar-refractivity contribution in [2.75, 3.05) is 45.5 Å². The average Bonchev–Trinajstić information content (AvgIpc) is 2.88. The normalized spacial score (nSPS) is 22.7. The van der Waals surface area contributed by atoms with Gasteiger partial charge in [-0.05, 0) is 35.6 Å². The molecule has 35 heavy (non-hydrogen) atoms. The summed E-state index contributed by atoms with van der Waals surface area (Å²) in [5.74, 6) is -0.787. The maximum absolute atomic E-state index is 13.6. The maximum atomic E-state index is 13.6. The molecule has 11 heteroatoms. The minimum absolute atomic E-state index is 0.0869. The van der Waals surface area contributed by atoms with Gasteiger partial charge in [0.15, 0.2) is 0 Å². The van der Waals surface area contributed by atoms with Gasteiger partial charge in [0.2, 0.25) is 26.0 Å².